The highest BCUT2D eigenvalue weighted by Gasteiger charge is 2.27. The van der Waals surface area contributed by atoms with Crippen molar-refractivity contribution in [1.82, 2.24) is 10.0 Å². The molecule has 1 amide bonds. The molecule has 0 aromatic rings. The third-order valence-electron chi connectivity index (χ3n) is 1.59. The Morgan fingerprint density at radius 3 is 2.07 bits per heavy atom. The van der Waals surface area contributed by atoms with Gasteiger partial charge >= 0.3 is 6.09 Å². The van der Waals surface area contributed by atoms with Crippen LogP contribution in [0.3, 0.4) is 0 Å². The van der Waals surface area contributed by atoms with E-state index in [1.165, 1.54) is 10.0 Å². The second kappa shape index (κ2) is 5.11. The Kier molecular flexibility index (Phi) is 4.74. The lowest BCUT2D eigenvalue weighted by molar-refractivity contribution is -0.117. The Hall–Kier alpha value is -1.10. The van der Waals surface area contributed by atoms with E-state index in [0.29, 0.717) is 6.29 Å². The van der Waals surface area contributed by atoms with E-state index in [1.54, 1.807) is 41.8 Å². The van der Waals surface area contributed by atoms with E-state index in [0.717, 1.165) is 0 Å². The summed E-state index contributed by atoms with van der Waals surface area (Å²) in [6.45, 7) is 6.98. The highest BCUT2D eigenvalue weighted by atomic mass is 16.6. The smallest absolute Gasteiger partial charge is 0.425 e. The summed E-state index contributed by atoms with van der Waals surface area (Å²) < 4.78 is 5.17. The van der Waals surface area contributed by atoms with Crippen LogP contribution in [0.4, 0.5) is 4.79 Å². The minimum Gasteiger partial charge on any atom is -0.443 e. The van der Waals surface area contributed by atoms with Gasteiger partial charge < -0.3 is 9.53 Å². The molecule has 0 N–H and O–H groups in total. The third kappa shape index (κ3) is 4.78. The molecule has 0 aromatic heterocycles. The van der Waals surface area contributed by atoms with Gasteiger partial charge in [-0.1, -0.05) is 0 Å². The molecule has 0 aliphatic carbocycles. The molecule has 0 radical (unpaired) electrons. The number of carbonyl (C=O) groups excluding carboxylic acids is 2. The molecule has 0 bridgehead atoms. The van der Waals surface area contributed by atoms with Crippen molar-refractivity contribution >= 4 is 12.4 Å². The quantitative estimate of drug-likeness (QED) is 0.527. The summed E-state index contributed by atoms with van der Waals surface area (Å²) in [5, 5.41) is 2.80. The van der Waals surface area contributed by atoms with Crippen molar-refractivity contribution in [3.05, 3.63) is 0 Å². The Morgan fingerprint density at radius 2 is 1.80 bits per heavy atom. The molecule has 0 aliphatic rings. The normalized spacial score (nSPS) is 13.5. The molecule has 88 valence electrons. The lowest BCUT2D eigenvalue weighted by Crippen LogP contribution is -2.50. The molecular weight excluding hydrogens is 196 g/mol. The first-order chi connectivity index (χ1) is 6.69. The zero-order chi connectivity index (χ0) is 12.2. The first-order valence-corrected chi connectivity index (χ1v) is 4.83. The molecule has 0 saturated carbocycles. The number of aldehydes is 1. The van der Waals surface area contributed by atoms with Crippen LogP contribution in [0.2, 0.25) is 0 Å². The van der Waals surface area contributed by atoms with E-state index in [2.05, 4.69) is 0 Å². The van der Waals surface area contributed by atoms with Crippen LogP contribution >= 0.6 is 0 Å². The predicted octanol–water partition coefficient (Wildman–Crippen LogP) is 1.29. The highest BCUT2D eigenvalue weighted by molar-refractivity contribution is 5.72. The van der Waals surface area contributed by atoms with Gasteiger partial charge in [0.25, 0.3) is 0 Å². The zero-order valence-electron chi connectivity index (χ0n) is 10.3. The molecule has 0 spiro atoms. The van der Waals surface area contributed by atoms with Crippen molar-refractivity contribution in [3.63, 3.8) is 0 Å². The summed E-state index contributed by atoms with van der Waals surface area (Å²) in [7, 11) is 3.37. The largest absolute Gasteiger partial charge is 0.443 e. The summed E-state index contributed by atoms with van der Waals surface area (Å²) in [4.78, 5) is 22.3. The molecule has 0 aromatic carbocycles. The van der Waals surface area contributed by atoms with Crippen molar-refractivity contribution in [2.45, 2.75) is 39.3 Å². The number of hydrogen-bond donors (Lipinski definition) is 0. The average Bonchev–Trinajstić information content (AvgIpc) is 1.99. The van der Waals surface area contributed by atoms with Crippen molar-refractivity contribution < 1.29 is 14.3 Å². The Morgan fingerprint density at radius 1 is 1.33 bits per heavy atom. The second-order valence-electron chi connectivity index (χ2n) is 4.55. The van der Waals surface area contributed by atoms with Gasteiger partial charge in [0.1, 0.15) is 17.9 Å². The maximum atomic E-state index is 11.7. The van der Waals surface area contributed by atoms with E-state index >= 15 is 0 Å². The van der Waals surface area contributed by atoms with Crippen LogP contribution in [0.5, 0.6) is 0 Å². The van der Waals surface area contributed by atoms with Crippen LogP contribution < -0.4 is 0 Å². The van der Waals surface area contributed by atoms with Gasteiger partial charge in [0.2, 0.25) is 0 Å². The maximum absolute atomic E-state index is 11.7. The van der Waals surface area contributed by atoms with Crippen LogP contribution in [0.25, 0.3) is 0 Å². The Bertz CT molecular complexity index is 233. The molecule has 0 heterocycles. The molecule has 5 heteroatoms. The Balaban J connectivity index is 4.64. The number of amides is 1. The molecule has 0 aliphatic heterocycles. The molecule has 0 unspecified atom stereocenters. The molecule has 0 rings (SSSR count). The van der Waals surface area contributed by atoms with Gasteiger partial charge in [0.05, 0.1) is 0 Å². The van der Waals surface area contributed by atoms with Gasteiger partial charge in [-0.05, 0) is 27.7 Å². The van der Waals surface area contributed by atoms with Gasteiger partial charge in [-0.2, -0.15) is 0 Å². The minimum atomic E-state index is -0.562. The Labute approximate surface area is 91.0 Å². The van der Waals surface area contributed by atoms with E-state index in [1.807, 2.05) is 0 Å². The topological polar surface area (TPSA) is 49.9 Å². The lowest BCUT2D eigenvalue weighted by atomic mass is 10.2. The van der Waals surface area contributed by atoms with E-state index in [4.69, 9.17) is 4.74 Å². The van der Waals surface area contributed by atoms with Crippen molar-refractivity contribution in [3.8, 4) is 0 Å². The van der Waals surface area contributed by atoms with Crippen LogP contribution in [0.1, 0.15) is 27.7 Å². The number of hydrogen-bond acceptors (Lipinski definition) is 4. The highest BCUT2D eigenvalue weighted by Crippen LogP contribution is 2.12. The van der Waals surface area contributed by atoms with Crippen LogP contribution in [-0.2, 0) is 9.53 Å². The summed E-state index contributed by atoms with van der Waals surface area (Å²) >= 11 is 0. The van der Waals surface area contributed by atoms with E-state index in [9.17, 15) is 9.59 Å². The van der Waals surface area contributed by atoms with Gasteiger partial charge in [0, 0.05) is 14.1 Å². The number of ether oxygens (including phenoxy) is 1. The van der Waals surface area contributed by atoms with E-state index in [-0.39, 0.29) is 0 Å². The standard InChI is InChI=1S/C10H20N2O3/c1-8(7-13)12(11(5)6)9(14)15-10(2,3)4/h7-8H,1-6H3/t8-/m0/s1. The summed E-state index contributed by atoms with van der Waals surface area (Å²) in [5.74, 6) is 0. The number of hydrazine groups is 1. The van der Waals surface area contributed by atoms with Crippen molar-refractivity contribution in [2.75, 3.05) is 14.1 Å². The summed E-state index contributed by atoms with van der Waals surface area (Å²) in [5.41, 5.74) is -0.562. The molecule has 1 atom stereocenters. The summed E-state index contributed by atoms with van der Waals surface area (Å²) in [6.07, 6.45) is 0.177. The first-order valence-electron chi connectivity index (χ1n) is 4.83. The van der Waals surface area contributed by atoms with Crippen molar-refractivity contribution in [2.24, 2.45) is 0 Å². The number of carbonyl (C=O) groups is 2. The average molecular weight is 216 g/mol. The molecule has 0 fully saturated rings. The van der Waals surface area contributed by atoms with Gasteiger partial charge in [-0.25, -0.2) is 14.8 Å². The molecule has 5 nitrogen and oxygen atoms in total. The van der Waals surface area contributed by atoms with Gasteiger partial charge in [-0.3, -0.25) is 0 Å². The molecule has 0 saturated heterocycles. The SMILES string of the molecule is C[C@@H](C=O)N(C(=O)OC(C)(C)C)N(C)C. The summed E-state index contributed by atoms with van der Waals surface area (Å²) in [6, 6.07) is -0.533. The van der Waals surface area contributed by atoms with Crippen molar-refractivity contribution in [1.29, 1.82) is 0 Å². The molecular formula is C10H20N2O3. The minimum absolute atomic E-state index is 0.521. The van der Waals surface area contributed by atoms with Crippen LogP contribution in [0, 0.1) is 0 Å². The van der Waals surface area contributed by atoms with Gasteiger partial charge in [-0.15, -0.1) is 0 Å². The fraction of sp³-hybridized carbons (Fsp3) is 0.800. The maximum Gasteiger partial charge on any atom is 0.425 e. The van der Waals surface area contributed by atoms with Crippen LogP contribution in [0.15, 0.2) is 0 Å². The predicted molar refractivity (Wildman–Crippen MR) is 57.3 cm³/mol. The third-order valence-corrected chi connectivity index (χ3v) is 1.59. The number of rotatable bonds is 3. The van der Waals surface area contributed by atoms with Gasteiger partial charge in [0.15, 0.2) is 0 Å². The lowest BCUT2D eigenvalue weighted by Gasteiger charge is -2.33. The van der Waals surface area contributed by atoms with Crippen LogP contribution in [-0.4, -0.2) is 48.1 Å². The fourth-order valence-corrected chi connectivity index (χ4v) is 1.06. The first kappa shape index (κ1) is 13.9. The molecule has 15 heavy (non-hydrogen) atoms. The monoisotopic (exact) mass is 216 g/mol. The number of nitrogens with zero attached hydrogens (tertiary/aromatic N) is 2. The fourth-order valence-electron chi connectivity index (χ4n) is 1.06. The second-order valence-corrected chi connectivity index (χ2v) is 4.55. The van der Waals surface area contributed by atoms with E-state index < -0.39 is 17.7 Å². The zero-order valence-corrected chi connectivity index (χ0v) is 10.3.